The van der Waals surface area contributed by atoms with Crippen molar-refractivity contribution in [3.8, 4) is 0 Å². The molecule has 0 spiro atoms. The first-order valence-electron chi connectivity index (χ1n) is 6.37. The van der Waals surface area contributed by atoms with Crippen molar-refractivity contribution in [3.05, 3.63) is 46.9 Å². The second kappa shape index (κ2) is 7.51. The molecule has 0 fully saturated rings. The molecule has 7 heteroatoms. The molecule has 0 bridgehead atoms. The summed E-state index contributed by atoms with van der Waals surface area (Å²) in [7, 11) is 0. The summed E-state index contributed by atoms with van der Waals surface area (Å²) in [6.45, 7) is 0.221. The van der Waals surface area contributed by atoms with Gasteiger partial charge in [0.15, 0.2) is 0 Å². The standard InChI is InChI=1S/C14H15N3O3S/c18-11(12-4-2-8-21-12)5-7-16-13(19)14(20)17-10-3-1-6-15-9-10/h1-4,6,8-9,11,18H,5,7H2,(H,16,19)(H,17,20)/t11-/m0/s1. The van der Waals surface area contributed by atoms with Gasteiger partial charge >= 0.3 is 11.8 Å². The minimum absolute atomic E-state index is 0.221. The van der Waals surface area contributed by atoms with Gasteiger partial charge in [0.2, 0.25) is 0 Å². The van der Waals surface area contributed by atoms with Gasteiger partial charge in [-0.15, -0.1) is 11.3 Å². The Morgan fingerprint density at radius 2 is 2.14 bits per heavy atom. The number of nitrogens with zero attached hydrogens (tertiary/aromatic N) is 1. The fourth-order valence-corrected chi connectivity index (χ4v) is 2.40. The molecule has 0 radical (unpaired) electrons. The average molecular weight is 305 g/mol. The molecule has 6 nitrogen and oxygen atoms in total. The van der Waals surface area contributed by atoms with Crippen molar-refractivity contribution in [3.63, 3.8) is 0 Å². The predicted molar refractivity (Wildman–Crippen MR) is 79.8 cm³/mol. The Hall–Kier alpha value is -2.25. The van der Waals surface area contributed by atoms with Crippen LogP contribution in [0.4, 0.5) is 5.69 Å². The molecule has 0 aliphatic heterocycles. The number of thiophene rings is 1. The largest absolute Gasteiger partial charge is 0.388 e. The van der Waals surface area contributed by atoms with Crippen molar-refractivity contribution in [1.82, 2.24) is 10.3 Å². The van der Waals surface area contributed by atoms with Crippen LogP contribution in [0.2, 0.25) is 0 Å². The number of carbonyl (C=O) groups is 2. The van der Waals surface area contributed by atoms with Crippen molar-refractivity contribution in [2.45, 2.75) is 12.5 Å². The van der Waals surface area contributed by atoms with Gasteiger partial charge in [-0.25, -0.2) is 0 Å². The second-order valence-corrected chi connectivity index (χ2v) is 5.25. The van der Waals surface area contributed by atoms with Crippen molar-refractivity contribution >= 4 is 28.8 Å². The summed E-state index contributed by atoms with van der Waals surface area (Å²) in [5.74, 6) is -1.49. The third-order valence-electron chi connectivity index (χ3n) is 2.70. The van der Waals surface area contributed by atoms with Crippen LogP contribution < -0.4 is 10.6 Å². The van der Waals surface area contributed by atoms with Gasteiger partial charge < -0.3 is 15.7 Å². The Morgan fingerprint density at radius 1 is 1.29 bits per heavy atom. The molecule has 0 unspecified atom stereocenters. The van der Waals surface area contributed by atoms with E-state index in [1.165, 1.54) is 17.5 Å². The summed E-state index contributed by atoms with van der Waals surface area (Å²) in [6, 6.07) is 6.97. The van der Waals surface area contributed by atoms with Gasteiger partial charge in [0.1, 0.15) is 0 Å². The third-order valence-corrected chi connectivity index (χ3v) is 3.67. The highest BCUT2D eigenvalue weighted by molar-refractivity contribution is 7.10. The summed E-state index contributed by atoms with van der Waals surface area (Å²) in [6.07, 6.45) is 2.74. The lowest BCUT2D eigenvalue weighted by molar-refractivity contribution is -0.136. The first-order valence-corrected chi connectivity index (χ1v) is 7.25. The van der Waals surface area contributed by atoms with Gasteiger partial charge in [0, 0.05) is 17.6 Å². The van der Waals surface area contributed by atoms with Crippen molar-refractivity contribution in [2.75, 3.05) is 11.9 Å². The highest BCUT2D eigenvalue weighted by atomic mass is 32.1. The summed E-state index contributed by atoms with van der Waals surface area (Å²) in [5, 5.41) is 16.6. The lowest BCUT2D eigenvalue weighted by Crippen LogP contribution is -2.36. The quantitative estimate of drug-likeness (QED) is 0.727. The van der Waals surface area contributed by atoms with Crippen LogP contribution in [0.15, 0.2) is 42.0 Å². The zero-order chi connectivity index (χ0) is 15.1. The topological polar surface area (TPSA) is 91.3 Å². The number of aliphatic hydroxyl groups excluding tert-OH is 1. The highest BCUT2D eigenvalue weighted by Crippen LogP contribution is 2.20. The van der Waals surface area contributed by atoms with Crippen molar-refractivity contribution in [1.29, 1.82) is 0 Å². The number of aliphatic hydroxyl groups is 1. The van der Waals surface area contributed by atoms with Gasteiger partial charge in [-0.1, -0.05) is 6.07 Å². The number of pyridine rings is 1. The molecular formula is C14H15N3O3S. The van der Waals surface area contributed by atoms with E-state index in [2.05, 4.69) is 15.6 Å². The first kappa shape index (κ1) is 15.1. The van der Waals surface area contributed by atoms with E-state index in [0.29, 0.717) is 12.1 Å². The Bertz CT molecular complexity index is 587. The molecule has 2 aromatic heterocycles. The molecule has 110 valence electrons. The number of anilines is 1. The molecule has 2 rings (SSSR count). The molecule has 2 aromatic rings. The van der Waals surface area contributed by atoms with Crippen LogP contribution in [0, 0.1) is 0 Å². The molecule has 2 heterocycles. The molecular weight excluding hydrogens is 290 g/mol. The van der Waals surface area contributed by atoms with Crippen LogP contribution in [0.3, 0.4) is 0 Å². The van der Waals surface area contributed by atoms with Gasteiger partial charge in [0.05, 0.1) is 18.0 Å². The molecule has 3 N–H and O–H groups in total. The van der Waals surface area contributed by atoms with E-state index >= 15 is 0 Å². The van der Waals surface area contributed by atoms with Crippen LogP contribution in [0.1, 0.15) is 17.4 Å². The zero-order valence-corrected chi connectivity index (χ0v) is 12.0. The molecule has 0 saturated heterocycles. The molecule has 1 atom stereocenters. The highest BCUT2D eigenvalue weighted by Gasteiger charge is 2.14. The Morgan fingerprint density at radius 3 is 2.81 bits per heavy atom. The minimum atomic E-state index is -0.756. The van der Waals surface area contributed by atoms with Crippen LogP contribution in [0.25, 0.3) is 0 Å². The number of amides is 2. The Kier molecular flexibility index (Phi) is 5.42. The number of hydrogen-bond acceptors (Lipinski definition) is 5. The smallest absolute Gasteiger partial charge is 0.313 e. The molecule has 0 aliphatic carbocycles. The maximum absolute atomic E-state index is 11.6. The Labute approximate surface area is 125 Å². The van der Waals surface area contributed by atoms with Crippen LogP contribution in [0.5, 0.6) is 0 Å². The number of aromatic nitrogens is 1. The van der Waals surface area contributed by atoms with Gasteiger partial charge in [-0.2, -0.15) is 0 Å². The normalized spacial score (nSPS) is 11.7. The molecule has 21 heavy (non-hydrogen) atoms. The number of nitrogens with one attached hydrogen (secondary N) is 2. The van der Waals surface area contributed by atoms with Crippen molar-refractivity contribution < 1.29 is 14.7 Å². The monoisotopic (exact) mass is 305 g/mol. The Balaban J connectivity index is 1.73. The van der Waals surface area contributed by atoms with E-state index in [4.69, 9.17) is 0 Å². The molecule has 0 aliphatic rings. The summed E-state index contributed by atoms with van der Waals surface area (Å²) in [4.78, 5) is 27.9. The van der Waals surface area contributed by atoms with Gasteiger partial charge in [-0.05, 0) is 30.0 Å². The first-order chi connectivity index (χ1) is 10.2. The van der Waals surface area contributed by atoms with Crippen LogP contribution >= 0.6 is 11.3 Å². The predicted octanol–water partition coefficient (Wildman–Crippen LogP) is 1.32. The van der Waals surface area contributed by atoms with E-state index in [1.54, 1.807) is 18.3 Å². The van der Waals surface area contributed by atoms with Crippen LogP contribution in [-0.2, 0) is 9.59 Å². The fourth-order valence-electron chi connectivity index (χ4n) is 1.65. The van der Waals surface area contributed by atoms with Gasteiger partial charge in [-0.3, -0.25) is 14.6 Å². The van der Waals surface area contributed by atoms with Crippen LogP contribution in [-0.4, -0.2) is 28.4 Å². The summed E-state index contributed by atoms with van der Waals surface area (Å²) in [5.41, 5.74) is 0.455. The van der Waals surface area contributed by atoms with E-state index in [0.717, 1.165) is 4.88 Å². The maximum atomic E-state index is 11.6. The average Bonchev–Trinajstić information content (AvgIpc) is 3.02. The summed E-state index contributed by atoms with van der Waals surface area (Å²) >= 11 is 1.45. The fraction of sp³-hybridized carbons (Fsp3) is 0.214. The zero-order valence-electron chi connectivity index (χ0n) is 11.2. The lowest BCUT2D eigenvalue weighted by Gasteiger charge is -2.09. The van der Waals surface area contributed by atoms with E-state index in [9.17, 15) is 14.7 Å². The molecule has 0 saturated carbocycles. The molecule has 2 amide bonds. The van der Waals surface area contributed by atoms with E-state index in [-0.39, 0.29) is 6.54 Å². The SMILES string of the molecule is O=C(NCC[C@H](O)c1cccs1)C(=O)Nc1cccnc1. The minimum Gasteiger partial charge on any atom is -0.388 e. The number of hydrogen-bond donors (Lipinski definition) is 3. The lowest BCUT2D eigenvalue weighted by atomic mass is 10.2. The maximum Gasteiger partial charge on any atom is 0.313 e. The van der Waals surface area contributed by atoms with E-state index < -0.39 is 17.9 Å². The third kappa shape index (κ3) is 4.66. The second-order valence-electron chi connectivity index (χ2n) is 4.27. The van der Waals surface area contributed by atoms with Gasteiger partial charge in [0.25, 0.3) is 0 Å². The number of rotatable bonds is 5. The van der Waals surface area contributed by atoms with Crippen molar-refractivity contribution in [2.24, 2.45) is 0 Å². The summed E-state index contributed by atoms with van der Waals surface area (Å²) < 4.78 is 0. The molecule has 0 aromatic carbocycles. The van der Waals surface area contributed by atoms with E-state index in [1.807, 2.05) is 17.5 Å². The number of carbonyl (C=O) groups excluding carboxylic acids is 2.